The summed E-state index contributed by atoms with van der Waals surface area (Å²) in [6, 6.07) is 9.57. The normalized spacial score (nSPS) is 10.5. The van der Waals surface area contributed by atoms with Gasteiger partial charge in [-0.05, 0) is 30.3 Å². The molecule has 5 heteroatoms. The zero-order chi connectivity index (χ0) is 13.8. The first-order valence-corrected chi connectivity index (χ1v) is 6.41. The second-order valence-corrected chi connectivity index (χ2v) is 4.79. The maximum Gasteiger partial charge on any atom is 0.129 e. The Bertz CT molecular complexity index is 590. The molecular weight excluding hydrogens is 288 g/mol. The van der Waals surface area contributed by atoms with Crippen LogP contribution in [0.5, 0.6) is 5.75 Å². The summed E-state index contributed by atoms with van der Waals surface area (Å²) >= 11 is 11.8. The lowest BCUT2D eigenvalue weighted by molar-refractivity contribution is 0.297. The molecule has 2 rings (SSSR count). The summed E-state index contributed by atoms with van der Waals surface area (Å²) in [4.78, 5) is 0. The molecule has 0 heterocycles. The molecule has 0 aliphatic heterocycles. The van der Waals surface area contributed by atoms with Crippen LogP contribution in [0, 0.1) is 5.82 Å². The predicted octanol–water partition coefficient (Wildman–Crippen LogP) is 4.17. The van der Waals surface area contributed by atoms with Crippen LogP contribution in [0.2, 0.25) is 10.0 Å². The van der Waals surface area contributed by atoms with Gasteiger partial charge in [0.15, 0.2) is 0 Å². The topological polar surface area (TPSA) is 35.2 Å². The minimum atomic E-state index is -0.360. The summed E-state index contributed by atoms with van der Waals surface area (Å²) < 4.78 is 19.1. The van der Waals surface area contributed by atoms with Crippen molar-refractivity contribution >= 4 is 23.2 Å². The lowest BCUT2D eigenvalue weighted by Crippen LogP contribution is -2.04. The van der Waals surface area contributed by atoms with Crippen molar-refractivity contribution < 1.29 is 9.13 Å². The Balaban J connectivity index is 2.19. The second kappa shape index (κ2) is 6.24. The molecule has 0 saturated heterocycles. The molecule has 0 aliphatic carbocycles. The number of halogens is 3. The molecule has 0 aromatic heterocycles. The summed E-state index contributed by atoms with van der Waals surface area (Å²) in [5, 5.41) is 0.997. The van der Waals surface area contributed by atoms with Gasteiger partial charge in [0.1, 0.15) is 18.2 Å². The molecule has 0 fully saturated rings. The number of hydrogen-bond donors (Lipinski definition) is 1. The lowest BCUT2D eigenvalue weighted by Gasteiger charge is -2.12. The molecule has 0 saturated carbocycles. The first-order chi connectivity index (χ1) is 9.11. The zero-order valence-electron chi connectivity index (χ0n) is 10.00. The molecule has 0 radical (unpaired) electrons. The highest BCUT2D eigenvalue weighted by atomic mass is 35.5. The fourth-order valence-corrected chi connectivity index (χ4v) is 2.12. The fourth-order valence-electron chi connectivity index (χ4n) is 1.68. The van der Waals surface area contributed by atoms with E-state index in [1.165, 1.54) is 18.2 Å². The molecule has 0 aliphatic rings. The third kappa shape index (κ3) is 3.38. The van der Waals surface area contributed by atoms with Gasteiger partial charge in [-0.1, -0.05) is 29.3 Å². The number of benzene rings is 2. The third-order valence-electron chi connectivity index (χ3n) is 2.67. The van der Waals surface area contributed by atoms with Crippen LogP contribution in [0.25, 0.3) is 0 Å². The van der Waals surface area contributed by atoms with E-state index < -0.39 is 0 Å². The second-order valence-electron chi connectivity index (χ2n) is 3.95. The molecule has 2 aromatic rings. The van der Waals surface area contributed by atoms with Gasteiger partial charge in [-0.3, -0.25) is 0 Å². The highest BCUT2D eigenvalue weighted by molar-refractivity contribution is 6.31. The first kappa shape index (κ1) is 14.1. The smallest absolute Gasteiger partial charge is 0.129 e. The van der Waals surface area contributed by atoms with Gasteiger partial charge in [-0.15, -0.1) is 0 Å². The maximum atomic E-state index is 13.5. The van der Waals surface area contributed by atoms with Gasteiger partial charge in [-0.2, -0.15) is 0 Å². The van der Waals surface area contributed by atoms with E-state index in [0.29, 0.717) is 26.9 Å². The van der Waals surface area contributed by atoms with Gasteiger partial charge in [0.25, 0.3) is 0 Å². The van der Waals surface area contributed by atoms with E-state index in [1.54, 1.807) is 18.2 Å². The van der Waals surface area contributed by atoms with Gasteiger partial charge in [0.2, 0.25) is 0 Å². The number of ether oxygens (including phenoxy) is 1. The van der Waals surface area contributed by atoms with Gasteiger partial charge in [-0.25, -0.2) is 4.39 Å². The lowest BCUT2D eigenvalue weighted by atomic mass is 10.2. The van der Waals surface area contributed by atoms with Crippen LogP contribution in [-0.4, -0.2) is 0 Å². The van der Waals surface area contributed by atoms with Crippen LogP contribution in [0.4, 0.5) is 4.39 Å². The Morgan fingerprint density at radius 1 is 1.16 bits per heavy atom. The summed E-state index contributed by atoms with van der Waals surface area (Å²) in [6.07, 6.45) is 0. The highest BCUT2D eigenvalue weighted by Crippen LogP contribution is 2.27. The Morgan fingerprint density at radius 3 is 2.68 bits per heavy atom. The van der Waals surface area contributed by atoms with E-state index in [4.69, 9.17) is 33.7 Å². The van der Waals surface area contributed by atoms with Crippen molar-refractivity contribution in [2.75, 3.05) is 0 Å². The molecule has 0 amide bonds. The number of nitrogens with two attached hydrogens (primary N) is 1. The van der Waals surface area contributed by atoms with E-state index in [-0.39, 0.29) is 19.0 Å². The average molecular weight is 300 g/mol. The van der Waals surface area contributed by atoms with Crippen molar-refractivity contribution in [3.8, 4) is 5.75 Å². The Labute approximate surface area is 120 Å². The van der Waals surface area contributed by atoms with E-state index in [2.05, 4.69) is 0 Å². The highest BCUT2D eigenvalue weighted by Gasteiger charge is 2.09. The summed E-state index contributed by atoms with van der Waals surface area (Å²) in [5.74, 6) is 0.190. The van der Waals surface area contributed by atoms with Crippen LogP contribution in [0.3, 0.4) is 0 Å². The SMILES string of the molecule is NCc1c(Cl)cccc1OCc1cc(Cl)ccc1F. The van der Waals surface area contributed by atoms with Gasteiger partial charge in [0.05, 0.1) is 0 Å². The van der Waals surface area contributed by atoms with E-state index in [9.17, 15) is 4.39 Å². The van der Waals surface area contributed by atoms with Crippen molar-refractivity contribution in [3.63, 3.8) is 0 Å². The monoisotopic (exact) mass is 299 g/mol. The van der Waals surface area contributed by atoms with Crippen molar-refractivity contribution in [1.29, 1.82) is 0 Å². The van der Waals surface area contributed by atoms with Crippen LogP contribution in [0.15, 0.2) is 36.4 Å². The summed E-state index contributed by atoms with van der Waals surface area (Å²) in [5.41, 5.74) is 6.70. The van der Waals surface area contributed by atoms with Crippen LogP contribution < -0.4 is 10.5 Å². The molecule has 0 atom stereocenters. The quantitative estimate of drug-likeness (QED) is 0.919. The van der Waals surface area contributed by atoms with Crippen molar-refractivity contribution in [3.05, 3.63) is 63.4 Å². The summed E-state index contributed by atoms with van der Waals surface area (Å²) in [6.45, 7) is 0.326. The van der Waals surface area contributed by atoms with Gasteiger partial charge < -0.3 is 10.5 Å². The molecule has 0 bridgehead atoms. The fraction of sp³-hybridized carbons (Fsp3) is 0.143. The van der Waals surface area contributed by atoms with Crippen LogP contribution in [-0.2, 0) is 13.2 Å². The van der Waals surface area contributed by atoms with Gasteiger partial charge in [0, 0.05) is 27.7 Å². The largest absolute Gasteiger partial charge is 0.488 e. The molecule has 19 heavy (non-hydrogen) atoms. The molecule has 100 valence electrons. The van der Waals surface area contributed by atoms with Crippen molar-refractivity contribution in [2.24, 2.45) is 5.73 Å². The third-order valence-corrected chi connectivity index (χ3v) is 3.26. The Hall–Kier alpha value is -1.29. The minimum Gasteiger partial charge on any atom is -0.488 e. The van der Waals surface area contributed by atoms with Crippen molar-refractivity contribution in [2.45, 2.75) is 13.2 Å². The van der Waals surface area contributed by atoms with E-state index in [0.717, 1.165) is 0 Å². The molecule has 2 nitrogen and oxygen atoms in total. The molecule has 2 aromatic carbocycles. The van der Waals surface area contributed by atoms with Crippen LogP contribution >= 0.6 is 23.2 Å². The maximum absolute atomic E-state index is 13.5. The van der Waals surface area contributed by atoms with E-state index in [1.807, 2.05) is 0 Å². The molecule has 0 unspecified atom stereocenters. The van der Waals surface area contributed by atoms with Crippen LogP contribution in [0.1, 0.15) is 11.1 Å². The standard InChI is InChI=1S/C14H12Cl2FNO/c15-10-4-5-13(17)9(6-10)8-19-14-3-1-2-12(16)11(14)7-18/h1-6H,7-8,18H2. The Morgan fingerprint density at radius 2 is 1.95 bits per heavy atom. The zero-order valence-corrected chi connectivity index (χ0v) is 11.5. The minimum absolute atomic E-state index is 0.0692. The molecule has 0 spiro atoms. The van der Waals surface area contributed by atoms with Gasteiger partial charge >= 0.3 is 0 Å². The van der Waals surface area contributed by atoms with E-state index >= 15 is 0 Å². The number of rotatable bonds is 4. The molecule has 2 N–H and O–H groups in total. The Kier molecular flexibility index (Phi) is 4.64. The van der Waals surface area contributed by atoms with Crippen molar-refractivity contribution in [1.82, 2.24) is 0 Å². The average Bonchev–Trinajstić information content (AvgIpc) is 2.40. The number of hydrogen-bond acceptors (Lipinski definition) is 2. The predicted molar refractivity (Wildman–Crippen MR) is 75.1 cm³/mol. The first-order valence-electron chi connectivity index (χ1n) is 5.66. The summed E-state index contributed by atoms with van der Waals surface area (Å²) in [7, 11) is 0. The molecular formula is C14H12Cl2FNO.